The number of halogens is 1. The van der Waals surface area contributed by atoms with Gasteiger partial charge in [0.05, 0.1) is 24.9 Å². The van der Waals surface area contributed by atoms with Crippen molar-refractivity contribution in [1.82, 2.24) is 15.6 Å². The van der Waals surface area contributed by atoms with Crippen LogP contribution in [0, 0.1) is 6.92 Å². The van der Waals surface area contributed by atoms with Gasteiger partial charge in [0.25, 0.3) is 0 Å². The SMILES string of the molecule is Cc1nc(CNC(=O)[C@H]2NCCO[C@@H]2C)oc1-c1ccc(Cl)cc1. The third-order valence-corrected chi connectivity index (χ3v) is 4.21. The summed E-state index contributed by atoms with van der Waals surface area (Å²) in [4.78, 5) is 16.6. The van der Waals surface area contributed by atoms with Crippen LogP contribution in [0.1, 0.15) is 18.5 Å². The Kier molecular flexibility index (Phi) is 5.18. The largest absolute Gasteiger partial charge is 0.438 e. The molecule has 1 aliphatic heterocycles. The number of amides is 1. The third kappa shape index (κ3) is 3.77. The second-order valence-corrected chi connectivity index (χ2v) is 6.19. The van der Waals surface area contributed by atoms with Crippen LogP contribution < -0.4 is 10.6 Å². The predicted octanol–water partition coefficient (Wildman–Crippen LogP) is 2.30. The third-order valence-electron chi connectivity index (χ3n) is 3.96. The maximum absolute atomic E-state index is 12.2. The Morgan fingerprint density at radius 2 is 2.17 bits per heavy atom. The molecule has 0 radical (unpaired) electrons. The van der Waals surface area contributed by atoms with Crippen molar-refractivity contribution < 1.29 is 13.9 Å². The van der Waals surface area contributed by atoms with E-state index in [1.54, 1.807) is 12.1 Å². The van der Waals surface area contributed by atoms with Crippen molar-refractivity contribution in [3.05, 3.63) is 40.9 Å². The lowest BCUT2D eigenvalue weighted by molar-refractivity contribution is -0.129. The first kappa shape index (κ1) is 17.0. The van der Waals surface area contributed by atoms with Gasteiger partial charge in [-0.1, -0.05) is 11.6 Å². The fourth-order valence-corrected chi connectivity index (χ4v) is 2.82. The Labute approximate surface area is 145 Å². The summed E-state index contributed by atoms with van der Waals surface area (Å²) in [5.74, 6) is 1.03. The molecule has 0 bridgehead atoms. The number of benzene rings is 1. The Morgan fingerprint density at radius 1 is 1.42 bits per heavy atom. The van der Waals surface area contributed by atoms with Crippen molar-refractivity contribution in [2.45, 2.75) is 32.5 Å². The van der Waals surface area contributed by atoms with Gasteiger partial charge in [-0.25, -0.2) is 4.98 Å². The Balaban J connectivity index is 1.65. The first-order valence-corrected chi connectivity index (χ1v) is 8.27. The summed E-state index contributed by atoms with van der Waals surface area (Å²) in [5.41, 5.74) is 1.67. The van der Waals surface area contributed by atoms with Crippen LogP contribution in [-0.4, -0.2) is 36.2 Å². The highest BCUT2D eigenvalue weighted by Crippen LogP contribution is 2.25. The maximum atomic E-state index is 12.2. The van der Waals surface area contributed by atoms with Crippen LogP contribution in [0.5, 0.6) is 0 Å². The first-order chi connectivity index (χ1) is 11.5. The van der Waals surface area contributed by atoms with Crippen LogP contribution in [0.3, 0.4) is 0 Å². The smallest absolute Gasteiger partial charge is 0.240 e. The summed E-state index contributed by atoms with van der Waals surface area (Å²) in [6, 6.07) is 7.00. The van der Waals surface area contributed by atoms with Crippen molar-refractivity contribution >= 4 is 17.5 Å². The molecule has 0 saturated carbocycles. The van der Waals surface area contributed by atoms with Crippen LogP contribution in [-0.2, 0) is 16.1 Å². The summed E-state index contributed by atoms with van der Waals surface area (Å²) in [5, 5.41) is 6.66. The average molecular weight is 350 g/mol. The highest BCUT2D eigenvalue weighted by atomic mass is 35.5. The van der Waals surface area contributed by atoms with Crippen molar-refractivity contribution in [1.29, 1.82) is 0 Å². The number of morpholine rings is 1. The Morgan fingerprint density at radius 3 is 2.88 bits per heavy atom. The summed E-state index contributed by atoms with van der Waals surface area (Å²) in [6.45, 7) is 5.27. The fraction of sp³-hybridized carbons (Fsp3) is 0.412. The van der Waals surface area contributed by atoms with Crippen molar-refractivity contribution in [2.24, 2.45) is 0 Å². The molecular weight excluding hydrogens is 330 g/mol. The number of carbonyl (C=O) groups is 1. The molecule has 1 aliphatic rings. The second-order valence-electron chi connectivity index (χ2n) is 5.75. The molecule has 1 aromatic heterocycles. The van der Waals surface area contributed by atoms with Gasteiger partial charge in [-0.3, -0.25) is 4.79 Å². The number of ether oxygens (including phenoxy) is 1. The van der Waals surface area contributed by atoms with Gasteiger partial charge in [-0.05, 0) is 38.1 Å². The van der Waals surface area contributed by atoms with Gasteiger partial charge in [0.1, 0.15) is 6.04 Å². The van der Waals surface area contributed by atoms with Gasteiger partial charge in [-0.2, -0.15) is 0 Å². The van der Waals surface area contributed by atoms with E-state index in [9.17, 15) is 4.79 Å². The van der Waals surface area contributed by atoms with E-state index in [1.807, 2.05) is 26.0 Å². The van der Waals surface area contributed by atoms with Gasteiger partial charge in [0.15, 0.2) is 5.76 Å². The van der Waals surface area contributed by atoms with E-state index < -0.39 is 0 Å². The molecule has 6 nitrogen and oxygen atoms in total. The first-order valence-electron chi connectivity index (χ1n) is 7.89. The summed E-state index contributed by atoms with van der Waals surface area (Å²) in [6.07, 6.45) is -0.158. The van der Waals surface area contributed by atoms with Gasteiger partial charge < -0.3 is 19.8 Å². The number of carbonyl (C=O) groups excluding carboxylic acids is 1. The van der Waals surface area contributed by atoms with E-state index in [-0.39, 0.29) is 24.6 Å². The van der Waals surface area contributed by atoms with Crippen LogP contribution in [0.2, 0.25) is 5.02 Å². The molecule has 2 heterocycles. The summed E-state index contributed by atoms with van der Waals surface area (Å²) >= 11 is 5.90. The molecule has 128 valence electrons. The zero-order valence-corrected chi connectivity index (χ0v) is 14.4. The van der Waals surface area contributed by atoms with E-state index in [1.165, 1.54) is 0 Å². The number of aryl methyl sites for hydroxylation is 1. The standard InChI is InChI=1S/C17H20ClN3O3/c1-10-16(12-3-5-13(18)6-4-12)24-14(21-10)9-20-17(22)15-11(2)23-8-7-19-15/h3-6,11,15,19H,7-9H2,1-2H3,(H,20,22)/t11-,15+/m1/s1. The lowest BCUT2D eigenvalue weighted by atomic mass is 10.1. The van der Waals surface area contributed by atoms with Crippen LogP contribution in [0.4, 0.5) is 0 Å². The zero-order chi connectivity index (χ0) is 17.1. The monoisotopic (exact) mass is 349 g/mol. The molecule has 7 heteroatoms. The summed E-state index contributed by atoms with van der Waals surface area (Å²) in [7, 11) is 0. The number of hydrogen-bond acceptors (Lipinski definition) is 5. The number of aromatic nitrogens is 1. The Hall–Kier alpha value is -1.89. The number of nitrogens with one attached hydrogen (secondary N) is 2. The molecule has 1 fully saturated rings. The van der Waals surface area contributed by atoms with Crippen LogP contribution >= 0.6 is 11.6 Å². The molecule has 0 unspecified atom stereocenters. The van der Waals surface area contributed by atoms with Gasteiger partial charge in [-0.15, -0.1) is 0 Å². The van der Waals surface area contributed by atoms with E-state index >= 15 is 0 Å². The minimum absolute atomic E-state index is 0.119. The molecule has 2 atom stereocenters. The lowest BCUT2D eigenvalue weighted by Gasteiger charge is -2.29. The number of hydrogen-bond donors (Lipinski definition) is 2. The topological polar surface area (TPSA) is 76.4 Å². The molecular formula is C17H20ClN3O3. The fourth-order valence-electron chi connectivity index (χ4n) is 2.70. The number of oxazole rings is 1. The zero-order valence-electron chi connectivity index (χ0n) is 13.6. The minimum atomic E-state index is -0.356. The summed E-state index contributed by atoms with van der Waals surface area (Å²) < 4.78 is 11.3. The van der Waals surface area contributed by atoms with E-state index in [0.29, 0.717) is 29.8 Å². The molecule has 0 spiro atoms. The normalized spacial score (nSPS) is 20.8. The van der Waals surface area contributed by atoms with Crippen molar-refractivity contribution in [2.75, 3.05) is 13.2 Å². The van der Waals surface area contributed by atoms with E-state index in [0.717, 1.165) is 11.3 Å². The quantitative estimate of drug-likeness (QED) is 0.885. The minimum Gasteiger partial charge on any atom is -0.438 e. The highest BCUT2D eigenvalue weighted by Gasteiger charge is 2.28. The molecule has 1 amide bonds. The molecule has 2 N–H and O–H groups in total. The van der Waals surface area contributed by atoms with E-state index in [2.05, 4.69) is 15.6 Å². The van der Waals surface area contributed by atoms with Crippen LogP contribution in [0.15, 0.2) is 28.7 Å². The number of rotatable bonds is 4. The molecule has 0 aliphatic carbocycles. The molecule has 1 aromatic carbocycles. The highest BCUT2D eigenvalue weighted by molar-refractivity contribution is 6.30. The van der Waals surface area contributed by atoms with E-state index in [4.69, 9.17) is 20.8 Å². The molecule has 2 aromatic rings. The van der Waals surface area contributed by atoms with Crippen molar-refractivity contribution in [3.8, 4) is 11.3 Å². The van der Waals surface area contributed by atoms with Gasteiger partial charge >= 0.3 is 0 Å². The van der Waals surface area contributed by atoms with Crippen LogP contribution in [0.25, 0.3) is 11.3 Å². The van der Waals surface area contributed by atoms with Gasteiger partial charge in [0, 0.05) is 17.1 Å². The second kappa shape index (κ2) is 7.34. The Bertz CT molecular complexity index is 714. The van der Waals surface area contributed by atoms with Crippen molar-refractivity contribution in [3.63, 3.8) is 0 Å². The maximum Gasteiger partial charge on any atom is 0.240 e. The molecule has 24 heavy (non-hydrogen) atoms. The lowest BCUT2D eigenvalue weighted by Crippen LogP contribution is -2.55. The van der Waals surface area contributed by atoms with Gasteiger partial charge in [0.2, 0.25) is 11.8 Å². The average Bonchev–Trinajstić information content (AvgIpc) is 2.95. The molecule has 3 rings (SSSR count). The molecule has 1 saturated heterocycles. The number of nitrogens with zero attached hydrogens (tertiary/aromatic N) is 1. The predicted molar refractivity (Wildman–Crippen MR) is 90.7 cm³/mol.